The molecule has 1 heterocycles. The minimum Gasteiger partial charge on any atom is -0.385 e. The Bertz CT molecular complexity index is 552. The number of rotatable bonds is 7. The second-order valence-corrected chi connectivity index (χ2v) is 4.07. The topological polar surface area (TPSA) is 72.0 Å². The summed E-state index contributed by atoms with van der Waals surface area (Å²) >= 11 is 0. The van der Waals surface area contributed by atoms with E-state index in [0.29, 0.717) is 30.6 Å². The van der Waals surface area contributed by atoms with Crippen LogP contribution < -0.4 is 10.6 Å². The Morgan fingerprint density at radius 1 is 1.35 bits per heavy atom. The van der Waals surface area contributed by atoms with Gasteiger partial charge in [-0.15, -0.1) is 5.10 Å². The van der Waals surface area contributed by atoms with Crippen LogP contribution in [0, 0.1) is 5.82 Å². The fourth-order valence-electron chi connectivity index (χ4n) is 1.57. The second-order valence-electron chi connectivity index (χ2n) is 4.07. The van der Waals surface area contributed by atoms with Crippen molar-refractivity contribution in [2.45, 2.75) is 6.42 Å². The van der Waals surface area contributed by atoms with Gasteiger partial charge < -0.3 is 15.4 Å². The molecule has 0 bridgehead atoms. The van der Waals surface area contributed by atoms with E-state index in [0.717, 1.165) is 6.42 Å². The molecule has 0 aliphatic rings. The van der Waals surface area contributed by atoms with Gasteiger partial charge in [0.15, 0.2) is 5.82 Å². The molecule has 0 saturated heterocycles. The molecule has 2 rings (SSSR count). The predicted molar refractivity (Wildman–Crippen MR) is 74.5 cm³/mol. The van der Waals surface area contributed by atoms with Crippen molar-refractivity contribution >= 4 is 17.5 Å². The van der Waals surface area contributed by atoms with Crippen LogP contribution in [0.3, 0.4) is 0 Å². The molecule has 0 amide bonds. The normalized spacial score (nSPS) is 10.3. The lowest BCUT2D eigenvalue weighted by Gasteiger charge is -2.07. The molecule has 0 atom stereocenters. The third-order valence-electron chi connectivity index (χ3n) is 2.46. The van der Waals surface area contributed by atoms with Crippen LogP contribution in [-0.2, 0) is 4.74 Å². The molecule has 0 radical (unpaired) electrons. The summed E-state index contributed by atoms with van der Waals surface area (Å²) in [7, 11) is 1.65. The Morgan fingerprint density at radius 3 is 3.05 bits per heavy atom. The SMILES string of the molecule is COCCCNc1nncc(Nc2cccc(F)c2)n1. The molecule has 0 saturated carbocycles. The van der Waals surface area contributed by atoms with Crippen LogP contribution >= 0.6 is 0 Å². The number of nitrogens with one attached hydrogen (secondary N) is 2. The van der Waals surface area contributed by atoms with Gasteiger partial charge in [-0.2, -0.15) is 10.1 Å². The van der Waals surface area contributed by atoms with E-state index in [1.165, 1.54) is 18.3 Å². The van der Waals surface area contributed by atoms with Crippen molar-refractivity contribution in [2.24, 2.45) is 0 Å². The van der Waals surface area contributed by atoms with Gasteiger partial charge in [0.25, 0.3) is 0 Å². The monoisotopic (exact) mass is 277 g/mol. The van der Waals surface area contributed by atoms with Crippen LogP contribution in [0.1, 0.15) is 6.42 Å². The minimum absolute atomic E-state index is 0.310. The van der Waals surface area contributed by atoms with Gasteiger partial charge in [0.1, 0.15) is 5.82 Å². The molecule has 0 spiro atoms. The number of benzene rings is 1. The van der Waals surface area contributed by atoms with Crippen molar-refractivity contribution in [1.82, 2.24) is 15.2 Å². The van der Waals surface area contributed by atoms with Crippen molar-refractivity contribution in [3.63, 3.8) is 0 Å². The van der Waals surface area contributed by atoms with Crippen molar-refractivity contribution in [1.29, 1.82) is 0 Å². The van der Waals surface area contributed by atoms with Crippen molar-refractivity contribution in [2.75, 3.05) is 30.9 Å². The summed E-state index contributed by atoms with van der Waals surface area (Å²) in [5.41, 5.74) is 0.607. The third kappa shape index (κ3) is 4.43. The third-order valence-corrected chi connectivity index (χ3v) is 2.46. The van der Waals surface area contributed by atoms with Crippen LogP contribution in [-0.4, -0.2) is 35.4 Å². The Balaban J connectivity index is 1.95. The maximum Gasteiger partial charge on any atom is 0.244 e. The number of hydrogen-bond acceptors (Lipinski definition) is 6. The number of anilines is 3. The minimum atomic E-state index is -0.310. The molecule has 0 aliphatic carbocycles. The number of aromatic nitrogens is 3. The van der Waals surface area contributed by atoms with Gasteiger partial charge in [-0.3, -0.25) is 0 Å². The van der Waals surface area contributed by atoms with E-state index in [2.05, 4.69) is 25.8 Å². The Labute approximate surface area is 116 Å². The van der Waals surface area contributed by atoms with Crippen molar-refractivity contribution in [3.8, 4) is 0 Å². The maximum atomic E-state index is 13.1. The molecule has 1 aromatic carbocycles. The zero-order chi connectivity index (χ0) is 14.2. The molecule has 106 valence electrons. The summed E-state index contributed by atoms with van der Waals surface area (Å²) in [5.74, 6) is 0.609. The maximum absolute atomic E-state index is 13.1. The Kier molecular flexibility index (Phi) is 5.19. The lowest BCUT2D eigenvalue weighted by Crippen LogP contribution is -2.09. The van der Waals surface area contributed by atoms with E-state index in [-0.39, 0.29) is 5.82 Å². The van der Waals surface area contributed by atoms with Crippen LogP contribution in [0.15, 0.2) is 30.5 Å². The fraction of sp³-hybridized carbons (Fsp3) is 0.308. The molecular formula is C13H16FN5O. The van der Waals surface area contributed by atoms with Crippen LogP contribution in [0.5, 0.6) is 0 Å². The number of nitrogens with zero attached hydrogens (tertiary/aromatic N) is 3. The zero-order valence-electron chi connectivity index (χ0n) is 11.1. The summed E-state index contributed by atoms with van der Waals surface area (Å²) in [6.07, 6.45) is 2.33. The quantitative estimate of drug-likeness (QED) is 0.756. The number of methoxy groups -OCH3 is 1. The van der Waals surface area contributed by atoms with E-state index >= 15 is 0 Å². The van der Waals surface area contributed by atoms with Crippen LogP contribution in [0.25, 0.3) is 0 Å². The smallest absolute Gasteiger partial charge is 0.244 e. The highest BCUT2D eigenvalue weighted by atomic mass is 19.1. The molecule has 0 unspecified atom stereocenters. The molecule has 7 heteroatoms. The summed E-state index contributed by atoms with van der Waals surface area (Å²) in [6.45, 7) is 1.36. The Morgan fingerprint density at radius 2 is 2.25 bits per heavy atom. The molecule has 20 heavy (non-hydrogen) atoms. The summed E-state index contributed by atoms with van der Waals surface area (Å²) in [4.78, 5) is 4.24. The van der Waals surface area contributed by atoms with Gasteiger partial charge in [-0.25, -0.2) is 4.39 Å². The van der Waals surface area contributed by atoms with Gasteiger partial charge in [0.2, 0.25) is 5.95 Å². The standard InChI is InChI=1S/C13H16FN5O/c1-20-7-3-6-15-13-18-12(9-16-19-13)17-11-5-2-4-10(14)8-11/h2,4-5,8-9H,3,6-7H2,1H3,(H2,15,17,18,19). The summed E-state index contributed by atoms with van der Waals surface area (Å²) < 4.78 is 18.0. The highest BCUT2D eigenvalue weighted by Gasteiger charge is 2.01. The van der Waals surface area contributed by atoms with Gasteiger partial charge in [-0.1, -0.05) is 6.07 Å². The highest BCUT2D eigenvalue weighted by molar-refractivity contribution is 5.55. The summed E-state index contributed by atoms with van der Waals surface area (Å²) in [6, 6.07) is 6.13. The van der Waals surface area contributed by atoms with Crippen LogP contribution in [0.4, 0.5) is 21.8 Å². The zero-order valence-corrected chi connectivity index (χ0v) is 11.1. The Hall–Kier alpha value is -2.28. The molecular weight excluding hydrogens is 261 g/mol. The molecule has 2 aromatic rings. The molecule has 1 aromatic heterocycles. The number of ether oxygens (including phenoxy) is 1. The van der Waals surface area contributed by atoms with Gasteiger partial charge in [-0.05, 0) is 24.6 Å². The van der Waals surface area contributed by atoms with Gasteiger partial charge in [0, 0.05) is 25.9 Å². The van der Waals surface area contributed by atoms with Crippen molar-refractivity contribution < 1.29 is 9.13 Å². The van der Waals surface area contributed by atoms with Gasteiger partial charge in [0.05, 0.1) is 6.20 Å². The van der Waals surface area contributed by atoms with Gasteiger partial charge >= 0.3 is 0 Å². The van der Waals surface area contributed by atoms with E-state index in [4.69, 9.17) is 4.74 Å². The highest BCUT2D eigenvalue weighted by Crippen LogP contribution is 2.15. The first kappa shape index (κ1) is 14.1. The predicted octanol–water partition coefficient (Wildman–Crippen LogP) is 2.20. The lowest BCUT2D eigenvalue weighted by atomic mass is 10.3. The van der Waals surface area contributed by atoms with E-state index < -0.39 is 0 Å². The van der Waals surface area contributed by atoms with E-state index in [9.17, 15) is 4.39 Å². The molecule has 0 aliphatic heterocycles. The fourth-order valence-corrected chi connectivity index (χ4v) is 1.57. The first-order valence-corrected chi connectivity index (χ1v) is 6.23. The van der Waals surface area contributed by atoms with Crippen LogP contribution in [0.2, 0.25) is 0 Å². The first-order chi connectivity index (χ1) is 9.78. The van der Waals surface area contributed by atoms with Crippen molar-refractivity contribution in [3.05, 3.63) is 36.3 Å². The second kappa shape index (κ2) is 7.34. The molecule has 2 N–H and O–H groups in total. The molecule has 0 fully saturated rings. The van der Waals surface area contributed by atoms with E-state index in [1.807, 2.05) is 0 Å². The first-order valence-electron chi connectivity index (χ1n) is 6.23. The lowest BCUT2D eigenvalue weighted by molar-refractivity contribution is 0.197. The average molecular weight is 277 g/mol. The average Bonchev–Trinajstić information content (AvgIpc) is 2.44. The molecule has 6 nitrogen and oxygen atoms in total. The van der Waals surface area contributed by atoms with E-state index in [1.54, 1.807) is 19.2 Å². The largest absolute Gasteiger partial charge is 0.385 e. The number of hydrogen-bond donors (Lipinski definition) is 2. The summed E-state index contributed by atoms with van der Waals surface area (Å²) in [5, 5.41) is 13.7. The number of halogens is 1.